The first-order valence-electron chi connectivity index (χ1n) is 7.74. The number of nitrogens with zero attached hydrogens (tertiary/aromatic N) is 3. The minimum atomic E-state index is -0.488. The minimum absolute atomic E-state index is 0.0754. The van der Waals surface area contributed by atoms with Crippen LogP contribution in [-0.2, 0) is 0 Å². The zero-order valence-corrected chi connectivity index (χ0v) is 13.9. The van der Waals surface area contributed by atoms with E-state index in [1.165, 1.54) is 23.9 Å². The van der Waals surface area contributed by atoms with E-state index in [4.69, 9.17) is 9.15 Å². The molecule has 0 aliphatic carbocycles. The van der Waals surface area contributed by atoms with Crippen LogP contribution in [0.25, 0.3) is 27.8 Å². The first kappa shape index (κ1) is 15.8. The van der Waals surface area contributed by atoms with Gasteiger partial charge >= 0.3 is 0 Å². The van der Waals surface area contributed by atoms with Crippen molar-refractivity contribution in [1.82, 2.24) is 9.78 Å². The summed E-state index contributed by atoms with van der Waals surface area (Å²) in [6.45, 7) is 1.70. The lowest BCUT2D eigenvalue weighted by molar-refractivity contribution is -0.384. The first-order valence-corrected chi connectivity index (χ1v) is 7.74. The molecule has 8 heteroatoms. The van der Waals surface area contributed by atoms with E-state index < -0.39 is 4.92 Å². The molecule has 8 nitrogen and oxygen atoms in total. The summed E-state index contributed by atoms with van der Waals surface area (Å²) in [4.78, 5) is 23.4. The number of aryl methyl sites for hydroxylation is 1. The fourth-order valence-corrected chi connectivity index (χ4v) is 2.92. The van der Waals surface area contributed by atoms with Crippen molar-refractivity contribution in [3.05, 3.63) is 68.5 Å². The van der Waals surface area contributed by atoms with Crippen molar-refractivity contribution < 1.29 is 14.1 Å². The highest BCUT2D eigenvalue weighted by Crippen LogP contribution is 2.27. The first-order chi connectivity index (χ1) is 12.5. The number of nitro groups is 1. The second-order valence-corrected chi connectivity index (χ2v) is 5.75. The largest absolute Gasteiger partial charge is 0.497 e. The Morgan fingerprint density at radius 3 is 2.77 bits per heavy atom. The van der Waals surface area contributed by atoms with Crippen LogP contribution >= 0.6 is 0 Å². The molecule has 2 heterocycles. The van der Waals surface area contributed by atoms with Crippen molar-refractivity contribution >= 4 is 27.8 Å². The third-order valence-electron chi connectivity index (χ3n) is 4.17. The third kappa shape index (κ3) is 2.31. The number of benzene rings is 2. The minimum Gasteiger partial charge on any atom is -0.497 e. The molecule has 0 N–H and O–H groups in total. The number of non-ortho nitro benzene ring substituents is 1. The van der Waals surface area contributed by atoms with Gasteiger partial charge in [0.05, 0.1) is 28.8 Å². The lowest BCUT2D eigenvalue weighted by Crippen LogP contribution is -2.03. The number of rotatable bonds is 3. The summed E-state index contributed by atoms with van der Waals surface area (Å²) in [5.41, 5.74) is 1.22. The van der Waals surface area contributed by atoms with E-state index in [1.54, 1.807) is 37.3 Å². The Labute approximate surface area is 146 Å². The summed E-state index contributed by atoms with van der Waals surface area (Å²) in [7, 11) is 1.52. The van der Waals surface area contributed by atoms with Gasteiger partial charge in [0, 0.05) is 18.2 Å². The number of ether oxygens (including phenoxy) is 1. The van der Waals surface area contributed by atoms with Crippen LogP contribution < -0.4 is 10.2 Å². The van der Waals surface area contributed by atoms with Gasteiger partial charge < -0.3 is 9.15 Å². The SMILES string of the molecule is COc1ccc2c(=O)c3c(C)nn(-c4cccc([N+](=O)[O-])c4)c3oc2c1. The molecule has 0 amide bonds. The molecule has 0 saturated heterocycles. The Morgan fingerprint density at radius 1 is 1.23 bits per heavy atom. The maximum Gasteiger partial charge on any atom is 0.271 e. The van der Waals surface area contributed by atoms with Crippen LogP contribution in [0.4, 0.5) is 5.69 Å². The molecule has 26 heavy (non-hydrogen) atoms. The van der Waals surface area contributed by atoms with E-state index in [1.807, 2.05) is 0 Å². The van der Waals surface area contributed by atoms with E-state index in [-0.39, 0.29) is 16.8 Å². The monoisotopic (exact) mass is 351 g/mol. The smallest absolute Gasteiger partial charge is 0.271 e. The Balaban J connectivity index is 2.07. The number of fused-ring (bicyclic) bond motifs is 2. The topological polar surface area (TPSA) is 100 Å². The summed E-state index contributed by atoms with van der Waals surface area (Å²) in [6, 6.07) is 10.9. The maximum absolute atomic E-state index is 12.9. The summed E-state index contributed by atoms with van der Waals surface area (Å²) in [6.07, 6.45) is 0. The third-order valence-corrected chi connectivity index (χ3v) is 4.17. The van der Waals surface area contributed by atoms with E-state index in [9.17, 15) is 14.9 Å². The van der Waals surface area contributed by atoms with Crippen LogP contribution in [-0.4, -0.2) is 21.8 Å². The number of methoxy groups -OCH3 is 1. The molecule has 0 saturated carbocycles. The molecule has 0 aliphatic rings. The van der Waals surface area contributed by atoms with Crippen molar-refractivity contribution in [2.24, 2.45) is 0 Å². The number of hydrogen-bond donors (Lipinski definition) is 0. The summed E-state index contributed by atoms with van der Waals surface area (Å²) < 4.78 is 12.5. The molecule has 2 aromatic carbocycles. The zero-order valence-electron chi connectivity index (χ0n) is 13.9. The number of nitro benzene ring substituents is 1. The van der Waals surface area contributed by atoms with Gasteiger partial charge in [-0.05, 0) is 25.1 Å². The van der Waals surface area contributed by atoms with Crippen LogP contribution in [0.5, 0.6) is 5.75 Å². The predicted octanol–water partition coefficient (Wildman–Crippen LogP) is 3.36. The molecular weight excluding hydrogens is 338 g/mol. The van der Waals surface area contributed by atoms with Gasteiger partial charge in [-0.2, -0.15) is 9.78 Å². The van der Waals surface area contributed by atoms with Gasteiger partial charge in [-0.3, -0.25) is 14.9 Å². The Hall–Kier alpha value is -3.68. The van der Waals surface area contributed by atoms with Crippen molar-refractivity contribution in [2.75, 3.05) is 7.11 Å². The summed E-state index contributed by atoms with van der Waals surface area (Å²) in [5.74, 6) is 0.554. The van der Waals surface area contributed by atoms with Crippen LogP contribution in [0.1, 0.15) is 5.69 Å². The Kier molecular flexibility index (Phi) is 3.47. The van der Waals surface area contributed by atoms with Crippen molar-refractivity contribution in [2.45, 2.75) is 6.92 Å². The molecule has 4 aromatic rings. The van der Waals surface area contributed by atoms with Crippen LogP contribution in [0, 0.1) is 17.0 Å². The predicted molar refractivity (Wildman–Crippen MR) is 95.1 cm³/mol. The fourth-order valence-electron chi connectivity index (χ4n) is 2.92. The molecule has 2 aromatic heterocycles. The Bertz CT molecular complexity index is 1240. The molecule has 0 atom stereocenters. The molecule has 0 spiro atoms. The summed E-state index contributed by atoms with van der Waals surface area (Å²) in [5, 5.41) is 16.2. The second kappa shape index (κ2) is 5.69. The van der Waals surface area contributed by atoms with E-state index >= 15 is 0 Å². The van der Waals surface area contributed by atoms with Crippen molar-refractivity contribution in [3.63, 3.8) is 0 Å². The highest BCUT2D eigenvalue weighted by atomic mass is 16.6. The molecule has 0 aliphatic heterocycles. The van der Waals surface area contributed by atoms with Crippen molar-refractivity contribution in [1.29, 1.82) is 0 Å². The number of hydrogen-bond acceptors (Lipinski definition) is 6. The maximum atomic E-state index is 12.9. The molecule has 0 fully saturated rings. The van der Waals surface area contributed by atoms with Gasteiger partial charge in [0.1, 0.15) is 16.7 Å². The highest BCUT2D eigenvalue weighted by Gasteiger charge is 2.19. The number of aromatic nitrogens is 2. The molecule has 0 radical (unpaired) electrons. The molecule has 0 unspecified atom stereocenters. The fraction of sp³-hybridized carbons (Fsp3) is 0.111. The second-order valence-electron chi connectivity index (χ2n) is 5.75. The van der Waals surface area contributed by atoms with Gasteiger partial charge in [0.2, 0.25) is 11.1 Å². The lowest BCUT2D eigenvalue weighted by Gasteiger charge is -2.05. The quantitative estimate of drug-likeness (QED) is 0.414. The van der Waals surface area contributed by atoms with Gasteiger partial charge in [-0.25, -0.2) is 0 Å². The molecule has 4 rings (SSSR count). The van der Waals surface area contributed by atoms with Gasteiger partial charge in [0.15, 0.2) is 0 Å². The molecule has 0 bridgehead atoms. The van der Waals surface area contributed by atoms with Crippen molar-refractivity contribution in [3.8, 4) is 11.4 Å². The van der Waals surface area contributed by atoms with Crippen LogP contribution in [0.3, 0.4) is 0 Å². The average molecular weight is 351 g/mol. The van der Waals surface area contributed by atoms with Gasteiger partial charge in [0.25, 0.3) is 5.69 Å². The summed E-state index contributed by atoms with van der Waals surface area (Å²) >= 11 is 0. The lowest BCUT2D eigenvalue weighted by atomic mass is 10.1. The molecule has 130 valence electrons. The molecular formula is C18H13N3O5. The van der Waals surface area contributed by atoms with E-state index in [0.717, 1.165) is 0 Å². The standard InChI is InChI=1S/C18H13N3O5/c1-10-16-17(22)14-7-6-13(25-2)9-15(14)26-18(16)20(19-10)11-4-3-5-12(8-11)21(23)24/h3-9H,1-2H3. The van der Waals surface area contributed by atoms with E-state index in [2.05, 4.69) is 5.10 Å². The normalized spacial score (nSPS) is 11.2. The highest BCUT2D eigenvalue weighted by molar-refractivity contribution is 5.90. The van der Waals surface area contributed by atoms with Crippen LogP contribution in [0.15, 0.2) is 51.7 Å². The average Bonchev–Trinajstić information content (AvgIpc) is 2.98. The van der Waals surface area contributed by atoms with Gasteiger partial charge in [-0.1, -0.05) is 6.07 Å². The van der Waals surface area contributed by atoms with E-state index in [0.29, 0.717) is 33.5 Å². The Morgan fingerprint density at radius 2 is 2.04 bits per heavy atom. The van der Waals surface area contributed by atoms with Crippen LogP contribution in [0.2, 0.25) is 0 Å². The zero-order chi connectivity index (χ0) is 18.4. The van der Waals surface area contributed by atoms with Gasteiger partial charge in [-0.15, -0.1) is 0 Å².